The van der Waals surface area contributed by atoms with Gasteiger partial charge in [-0.2, -0.15) is 0 Å². The minimum absolute atomic E-state index is 0.421. The van der Waals surface area contributed by atoms with E-state index in [2.05, 4.69) is 20.2 Å². The van der Waals surface area contributed by atoms with Crippen LogP contribution in [0.1, 0.15) is 0 Å². The number of benzene rings is 1. The number of hydrogen-bond donors (Lipinski definition) is 0. The van der Waals surface area contributed by atoms with Gasteiger partial charge >= 0.3 is 0 Å². The van der Waals surface area contributed by atoms with E-state index in [1.807, 2.05) is 30.3 Å². The van der Waals surface area contributed by atoms with Crippen molar-refractivity contribution in [1.29, 1.82) is 0 Å². The van der Waals surface area contributed by atoms with E-state index in [-0.39, 0.29) is 0 Å². The van der Waals surface area contributed by atoms with Crippen LogP contribution < -0.4 is 0 Å². The molecule has 0 N–H and O–H groups in total. The highest BCUT2D eigenvalue weighted by atomic mass is 16.4. The maximum atomic E-state index is 5.55. The van der Waals surface area contributed by atoms with Crippen LogP contribution in [-0.4, -0.2) is 20.2 Å². The van der Waals surface area contributed by atoms with Crippen LogP contribution in [0.4, 0.5) is 0 Å². The second-order valence-electron chi connectivity index (χ2n) is 3.41. The zero-order valence-electron chi connectivity index (χ0n) is 8.82. The Hall–Kier alpha value is -2.56. The van der Waals surface area contributed by atoms with E-state index in [0.29, 0.717) is 17.3 Å². The minimum atomic E-state index is 0.421. The number of aromatic nitrogens is 4. The van der Waals surface area contributed by atoms with Crippen molar-refractivity contribution in [2.24, 2.45) is 0 Å². The van der Waals surface area contributed by atoms with Crippen LogP contribution in [0.2, 0.25) is 0 Å². The van der Waals surface area contributed by atoms with E-state index in [1.165, 1.54) is 6.33 Å². The molecule has 0 atom stereocenters. The molecule has 17 heavy (non-hydrogen) atoms. The third-order valence-electron chi connectivity index (χ3n) is 2.25. The summed E-state index contributed by atoms with van der Waals surface area (Å²) in [7, 11) is 0. The standard InChI is InChI=1S/C12H8N4O/c1-2-4-9(5-3-1)11-15-16-12(17-11)10-6-13-8-14-7-10/h1-8H. The molecule has 0 aliphatic rings. The molecule has 0 aliphatic carbocycles. The van der Waals surface area contributed by atoms with Gasteiger partial charge in [0.1, 0.15) is 6.33 Å². The highest BCUT2D eigenvalue weighted by molar-refractivity contribution is 5.56. The predicted molar refractivity (Wildman–Crippen MR) is 60.8 cm³/mol. The molecule has 0 fully saturated rings. The summed E-state index contributed by atoms with van der Waals surface area (Å²) in [6.45, 7) is 0. The Morgan fingerprint density at radius 2 is 1.41 bits per heavy atom. The van der Waals surface area contributed by atoms with Gasteiger partial charge in [-0.05, 0) is 12.1 Å². The first-order chi connectivity index (χ1) is 8.43. The van der Waals surface area contributed by atoms with Crippen molar-refractivity contribution >= 4 is 0 Å². The smallest absolute Gasteiger partial charge is 0.251 e. The molecule has 0 unspecified atom stereocenters. The Morgan fingerprint density at radius 1 is 0.765 bits per heavy atom. The lowest BCUT2D eigenvalue weighted by molar-refractivity contribution is 0.584. The third-order valence-corrected chi connectivity index (χ3v) is 2.25. The molecule has 2 heterocycles. The van der Waals surface area contributed by atoms with Crippen molar-refractivity contribution in [1.82, 2.24) is 20.2 Å². The van der Waals surface area contributed by atoms with E-state index in [1.54, 1.807) is 12.4 Å². The van der Waals surface area contributed by atoms with Crippen LogP contribution in [0.5, 0.6) is 0 Å². The van der Waals surface area contributed by atoms with Crippen molar-refractivity contribution in [3.8, 4) is 22.9 Å². The quantitative estimate of drug-likeness (QED) is 0.667. The molecule has 0 bridgehead atoms. The first-order valence-electron chi connectivity index (χ1n) is 5.08. The molecule has 1 aromatic carbocycles. The van der Waals surface area contributed by atoms with Gasteiger partial charge in [0.2, 0.25) is 5.89 Å². The predicted octanol–water partition coefficient (Wildman–Crippen LogP) is 2.19. The molecule has 82 valence electrons. The molecule has 0 radical (unpaired) electrons. The molecular weight excluding hydrogens is 216 g/mol. The summed E-state index contributed by atoms with van der Waals surface area (Å²) in [5.74, 6) is 0.911. The van der Waals surface area contributed by atoms with Crippen molar-refractivity contribution in [3.63, 3.8) is 0 Å². The Labute approximate surface area is 97.2 Å². The van der Waals surface area contributed by atoms with Crippen LogP contribution >= 0.6 is 0 Å². The Bertz CT molecular complexity index is 553. The molecule has 3 rings (SSSR count). The largest absolute Gasteiger partial charge is 0.416 e. The lowest BCUT2D eigenvalue weighted by Gasteiger charge is -1.92. The van der Waals surface area contributed by atoms with Gasteiger partial charge in [0.05, 0.1) is 5.56 Å². The summed E-state index contributed by atoms with van der Waals surface area (Å²) in [5.41, 5.74) is 1.60. The van der Waals surface area contributed by atoms with Crippen LogP contribution in [0.15, 0.2) is 53.5 Å². The summed E-state index contributed by atoms with van der Waals surface area (Å²) in [6, 6.07) is 9.61. The maximum absolute atomic E-state index is 5.55. The average molecular weight is 224 g/mol. The Kier molecular flexibility index (Phi) is 2.34. The average Bonchev–Trinajstić information content (AvgIpc) is 2.90. The van der Waals surface area contributed by atoms with Crippen LogP contribution in [0.3, 0.4) is 0 Å². The molecule has 0 saturated carbocycles. The third kappa shape index (κ3) is 1.90. The topological polar surface area (TPSA) is 64.7 Å². The zero-order chi connectivity index (χ0) is 11.5. The van der Waals surface area contributed by atoms with E-state index in [4.69, 9.17) is 4.42 Å². The highest BCUT2D eigenvalue weighted by Gasteiger charge is 2.09. The minimum Gasteiger partial charge on any atom is -0.416 e. The summed E-state index contributed by atoms with van der Waals surface area (Å²) < 4.78 is 5.55. The summed E-state index contributed by atoms with van der Waals surface area (Å²) in [6.07, 6.45) is 4.72. The number of nitrogens with zero attached hydrogens (tertiary/aromatic N) is 4. The summed E-state index contributed by atoms with van der Waals surface area (Å²) >= 11 is 0. The van der Waals surface area contributed by atoms with Gasteiger partial charge in [0.25, 0.3) is 5.89 Å². The fraction of sp³-hybridized carbons (Fsp3) is 0. The first kappa shape index (κ1) is 9.65. The first-order valence-corrected chi connectivity index (χ1v) is 5.08. The monoisotopic (exact) mass is 224 g/mol. The second-order valence-corrected chi connectivity index (χ2v) is 3.41. The van der Waals surface area contributed by atoms with E-state index < -0.39 is 0 Å². The molecule has 0 spiro atoms. The second kappa shape index (κ2) is 4.13. The summed E-state index contributed by atoms with van der Waals surface area (Å²) in [4.78, 5) is 7.81. The molecule has 5 nitrogen and oxygen atoms in total. The van der Waals surface area contributed by atoms with Gasteiger partial charge in [-0.15, -0.1) is 10.2 Å². The zero-order valence-corrected chi connectivity index (χ0v) is 8.82. The van der Waals surface area contributed by atoms with Crippen molar-refractivity contribution < 1.29 is 4.42 Å². The fourth-order valence-electron chi connectivity index (χ4n) is 1.45. The van der Waals surface area contributed by atoms with Crippen LogP contribution in [0.25, 0.3) is 22.9 Å². The SMILES string of the molecule is c1ccc(-c2nnc(-c3cncnc3)o2)cc1. The Balaban J connectivity index is 1.99. The maximum Gasteiger partial charge on any atom is 0.251 e. The van der Waals surface area contributed by atoms with Gasteiger partial charge in [-0.3, -0.25) is 0 Å². The van der Waals surface area contributed by atoms with Crippen molar-refractivity contribution in [3.05, 3.63) is 49.1 Å². The van der Waals surface area contributed by atoms with Gasteiger partial charge in [-0.1, -0.05) is 18.2 Å². The van der Waals surface area contributed by atoms with Gasteiger partial charge < -0.3 is 4.42 Å². The van der Waals surface area contributed by atoms with Gasteiger partial charge in [0.15, 0.2) is 0 Å². The van der Waals surface area contributed by atoms with Crippen LogP contribution in [-0.2, 0) is 0 Å². The lowest BCUT2D eigenvalue weighted by atomic mass is 10.2. The molecule has 2 aromatic heterocycles. The summed E-state index contributed by atoms with van der Waals surface area (Å²) in [5, 5.41) is 7.96. The fourth-order valence-corrected chi connectivity index (χ4v) is 1.45. The molecule has 0 amide bonds. The number of rotatable bonds is 2. The van der Waals surface area contributed by atoms with E-state index >= 15 is 0 Å². The Morgan fingerprint density at radius 3 is 2.12 bits per heavy atom. The van der Waals surface area contributed by atoms with Gasteiger partial charge in [0, 0.05) is 18.0 Å². The lowest BCUT2D eigenvalue weighted by Crippen LogP contribution is -1.81. The number of hydrogen-bond acceptors (Lipinski definition) is 5. The molecule has 0 saturated heterocycles. The van der Waals surface area contributed by atoms with Crippen molar-refractivity contribution in [2.75, 3.05) is 0 Å². The molecule has 3 aromatic rings. The molecular formula is C12H8N4O. The van der Waals surface area contributed by atoms with Crippen molar-refractivity contribution in [2.45, 2.75) is 0 Å². The molecule has 0 aliphatic heterocycles. The normalized spacial score (nSPS) is 10.4. The highest BCUT2D eigenvalue weighted by Crippen LogP contribution is 2.22. The van der Waals surface area contributed by atoms with E-state index in [9.17, 15) is 0 Å². The van der Waals surface area contributed by atoms with Gasteiger partial charge in [-0.25, -0.2) is 9.97 Å². The van der Waals surface area contributed by atoms with E-state index in [0.717, 1.165) is 5.56 Å². The molecule has 5 heteroatoms. The van der Waals surface area contributed by atoms with Crippen LogP contribution in [0, 0.1) is 0 Å².